The maximum Gasteiger partial charge on any atom is 0.229 e. The van der Waals surface area contributed by atoms with Gasteiger partial charge in [0, 0.05) is 24.5 Å². The summed E-state index contributed by atoms with van der Waals surface area (Å²) in [6.07, 6.45) is 8.03. The van der Waals surface area contributed by atoms with Gasteiger partial charge in [-0.25, -0.2) is 9.97 Å². The van der Waals surface area contributed by atoms with Gasteiger partial charge in [-0.05, 0) is 49.1 Å². The largest absolute Gasteiger partial charge is 0.394 e. The Morgan fingerprint density at radius 3 is 2.65 bits per heavy atom. The fourth-order valence-corrected chi connectivity index (χ4v) is 4.44. The highest BCUT2D eigenvalue weighted by Gasteiger charge is 2.28. The number of halogens is 2. The maximum absolute atomic E-state index is 9.97. The Hall–Kier alpha value is -2.74. The van der Waals surface area contributed by atoms with Crippen molar-refractivity contribution in [3.05, 3.63) is 59.1 Å². The van der Waals surface area contributed by atoms with Gasteiger partial charge in [-0.3, -0.25) is 4.98 Å². The fourth-order valence-electron chi connectivity index (χ4n) is 4.14. The first-order valence-corrected chi connectivity index (χ1v) is 10.9. The van der Waals surface area contributed by atoms with Crippen LogP contribution in [0.15, 0.2) is 49.1 Å². The van der Waals surface area contributed by atoms with Crippen molar-refractivity contribution in [3.8, 4) is 22.4 Å². The molecule has 5 rings (SSSR count). The molecular formula is C22H20Cl2N6O. The van der Waals surface area contributed by atoms with Crippen LogP contribution in [0.3, 0.4) is 0 Å². The lowest BCUT2D eigenvalue weighted by Crippen LogP contribution is -2.43. The van der Waals surface area contributed by atoms with Gasteiger partial charge < -0.3 is 10.0 Å². The summed E-state index contributed by atoms with van der Waals surface area (Å²) < 4.78 is 1.75. The van der Waals surface area contributed by atoms with Crippen LogP contribution in [0.4, 0.5) is 5.95 Å². The first-order valence-electron chi connectivity index (χ1n) is 10.1. The van der Waals surface area contributed by atoms with E-state index in [2.05, 4.69) is 20.0 Å². The average molecular weight is 455 g/mol. The van der Waals surface area contributed by atoms with E-state index in [4.69, 9.17) is 28.2 Å². The van der Waals surface area contributed by atoms with E-state index in [1.165, 1.54) is 6.33 Å². The van der Waals surface area contributed by atoms with Crippen LogP contribution in [0.25, 0.3) is 28.0 Å². The number of piperidine rings is 1. The summed E-state index contributed by atoms with van der Waals surface area (Å²) in [6.45, 7) is 0.867. The highest BCUT2D eigenvalue weighted by Crippen LogP contribution is 2.38. The molecule has 0 bridgehead atoms. The van der Waals surface area contributed by atoms with Crippen molar-refractivity contribution in [3.63, 3.8) is 0 Å². The highest BCUT2D eigenvalue weighted by atomic mass is 35.5. The molecule has 158 valence electrons. The average Bonchev–Trinajstić information content (AvgIpc) is 3.30. The molecule has 0 saturated carbocycles. The third-order valence-corrected chi connectivity index (χ3v) is 6.41. The lowest BCUT2D eigenvalue weighted by molar-refractivity contribution is 0.238. The number of pyridine rings is 1. The van der Waals surface area contributed by atoms with E-state index in [9.17, 15) is 5.11 Å². The number of benzene rings is 1. The van der Waals surface area contributed by atoms with E-state index in [0.29, 0.717) is 21.6 Å². The first kappa shape index (κ1) is 20.2. The Kier molecular flexibility index (Phi) is 5.48. The number of anilines is 1. The summed E-state index contributed by atoms with van der Waals surface area (Å²) in [5, 5.41) is 15.4. The summed E-state index contributed by atoms with van der Waals surface area (Å²) in [7, 11) is 0. The molecule has 1 fully saturated rings. The molecule has 0 unspecified atom stereocenters. The normalized spacial score (nSPS) is 16.7. The summed E-state index contributed by atoms with van der Waals surface area (Å²) in [4.78, 5) is 15.9. The van der Waals surface area contributed by atoms with E-state index in [1.807, 2.05) is 24.3 Å². The summed E-state index contributed by atoms with van der Waals surface area (Å²) in [5.74, 6) is 0.668. The molecule has 1 aliphatic rings. The van der Waals surface area contributed by atoms with Gasteiger partial charge in [0.2, 0.25) is 5.95 Å². The van der Waals surface area contributed by atoms with E-state index in [1.54, 1.807) is 23.0 Å². The molecule has 7 nitrogen and oxygen atoms in total. The molecular weight excluding hydrogens is 435 g/mol. The zero-order valence-electron chi connectivity index (χ0n) is 16.6. The molecule has 1 aliphatic heterocycles. The highest BCUT2D eigenvalue weighted by molar-refractivity contribution is 6.42. The van der Waals surface area contributed by atoms with Crippen LogP contribution in [0.1, 0.15) is 19.3 Å². The first-order chi connectivity index (χ1) is 15.2. The zero-order chi connectivity index (χ0) is 21.4. The lowest BCUT2D eigenvalue weighted by atomic mass is 10.00. The topological polar surface area (TPSA) is 79.4 Å². The Morgan fingerprint density at radius 1 is 1.03 bits per heavy atom. The standard InChI is InChI=1S/C22H20Cl2N6O/c23-17-5-4-15(11-18(17)24)19-20(14-6-8-25-9-7-14)28-22(30-21(19)26-13-27-30)29-10-2-1-3-16(29)12-31/h4-9,11,13,16,31H,1-3,10,12H2/t16-/m1/s1. The quantitative estimate of drug-likeness (QED) is 0.488. The van der Waals surface area contributed by atoms with Gasteiger partial charge in [-0.1, -0.05) is 29.3 Å². The minimum Gasteiger partial charge on any atom is -0.394 e. The lowest BCUT2D eigenvalue weighted by Gasteiger charge is -2.35. The zero-order valence-corrected chi connectivity index (χ0v) is 18.1. The van der Waals surface area contributed by atoms with Gasteiger partial charge in [0.05, 0.1) is 34.0 Å². The number of nitrogens with zero attached hydrogens (tertiary/aromatic N) is 6. The predicted octanol–water partition coefficient (Wildman–Crippen LogP) is 4.51. The molecule has 4 aromatic rings. The molecule has 3 aromatic heterocycles. The molecule has 4 heterocycles. The van der Waals surface area contributed by atoms with Crippen molar-refractivity contribution in [2.45, 2.75) is 25.3 Å². The molecule has 0 spiro atoms. The van der Waals surface area contributed by atoms with Gasteiger partial charge in [0.1, 0.15) is 6.33 Å². The van der Waals surface area contributed by atoms with E-state index < -0.39 is 0 Å². The van der Waals surface area contributed by atoms with E-state index >= 15 is 0 Å². The van der Waals surface area contributed by atoms with E-state index in [-0.39, 0.29) is 12.6 Å². The minimum absolute atomic E-state index is 0.00485. The Labute approximate surface area is 189 Å². The second-order valence-corrected chi connectivity index (χ2v) is 8.34. The number of hydrogen-bond acceptors (Lipinski definition) is 6. The molecule has 31 heavy (non-hydrogen) atoms. The molecule has 0 aliphatic carbocycles. The Balaban J connectivity index is 1.80. The number of aliphatic hydroxyl groups is 1. The van der Waals surface area contributed by atoms with E-state index in [0.717, 1.165) is 48.2 Å². The minimum atomic E-state index is -0.00485. The van der Waals surface area contributed by atoms with Crippen molar-refractivity contribution < 1.29 is 5.11 Å². The second kappa shape index (κ2) is 8.42. The number of rotatable bonds is 4. The van der Waals surface area contributed by atoms with Gasteiger partial charge in [0.25, 0.3) is 0 Å². The Bertz CT molecular complexity index is 1230. The number of hydrogen-bond donors (Lipinski definition) is 1. The summed E-state index contributed by atoms with van der Waals surface area (Å²) in [5.41, 5.74) is 3.97. The van der Waals surface area contributed by atoms with Crippen LogP contribution in [0.2, 0.25) is 10.0 Å². The molecule has 1 aromatic carbocycles. The number of fused-ring (bicyclic) bond motifs is 1. The van der Waals surface area contributed by atoms with Crippen molar-refractivity contribution in [2.24, 2.45) is 0 Å². The number of aromatic nitrogens is 5. The fraction of sp³-hybridized carbons (Fsp3) is 0.273. The van der Waals surface area contributed by atoms with Gasteiger partial charge in [-0.15, -0.1) is 0 Å². The third kappa shape index (κ3) is 3.63. The van der Waals surface area contributed by atoms with Crippen LogP contribution in [0, 0.1) is 0 Å². The molecule has 9 heteroatoms. The van der Waals surface area contributed by atoms with Gasteiger partial charge in [-0.2, -0.15) is 9.61 Å². The Morgan fingerprint density at radius 2 is 1.87 bits per heavy atom. The second-order valence-electron chi connectivity index (χ2n) is 7.52. The summed E-state index contributed by atoms with van der Waals surface area (Å²) in [6, 6.07) is 9.32. The van der Waals surface area contributed by atoms with Crippen molar-refractivity contribution in [1.29, 1.82) is 0 Å². The monoisotopic (exact) mass is 454 g/mol. The van der Waals surface area contributed by atoms with Crippen LogP contribution in [0.5, 0.6) is 0 Å². The van der Waals surface area contributed by atoms with Crippen molar-refractivity contribution in [2.75, 3.05) is 18.1 Å². The van der Waals surface area contributed by atoms with Crippen LogP contribution in [-0.2, 0) is 0 Å². The number of aliphatic hydroxyl groups excluding tert-OH is 1. The van der Waals surface area contributed by atoms with Crippen LogP contribution in [-0.4, -0.2) is 48.9 Å². The van der Waals surface area contributed by atoms with Crippen LogP contribution >= 0.6 is 23.2 Å². The van der Waals surface area contributed by atoms with Crippen LogP contribution < -0.4 is 4.90 Å². The molecule has 1 atom stereocenters. The molecule has 0 amide bonds. The summed E-state index contributed by atoms with van der Waals surface area (Å²) >= 11 is 12.5. The predicted molar refractivity (Wildman–Crippen MR) is 122 cm³/mol. The van der Waals surface area contributed by atoms with Gasteiger partial charge in [0.15, 0.2) is 5.65 Å². The third-order valence-electron chi connectivity index (χ3n) is 5.67. The van der Waals surface area contributed by atoms with Crippen molar-refractivity contribution in [1.82, 2.24) is 24.6 Å². The SMILES string of the molecule is OC[C@H]1CCCCN1c1nc(-c2ccncc2)c(-c2ccc(Cl)c(Cl)c2)c2ncnn12. The van der Waals surface area contributed by atoms with Crippen molar-refractivity contribution >= 4 is 34.8 Å². The molecule has 0 radical (unpaired) electrons. The van der Waals surface area contributed by atoms with Gasteiger partial charge >= 0.3 is 0 Å². The maximum atomic E-state index is 9.97. The molecule has 1 saturated heterocycles. The smallest absolute Gasteiger partial charge is 0.229 e. The molecule has 1 N–H and O–H groups in total.